The molecule has 1 aliphatic carbocycles. The first kappa shape index (κ1) is 14.1. The summed E-state index contributed by atoms with van der Waals surface area (Å²) in [6.07, 6.45) is 7.50. The van der Waals surface area contributed by atoms with Gasteiger partial charge in [0.05, 0.1) is 11.9 Å². The maximum atomic E-state index is 4.29. The van der Waals surface area contributed by atoms with Crippen molar-refractivity contribution in [3.8, 4) is 0 Å². The number of anilines is 1. The Morgan fingerprint density at radius 1 is 1.29 bits per heavy atom. The first-order chi connectivity index (χ1) is 10.3. The molecule has 0 amide bonds. The zero-order chi connectivity index (χ0) is 14.7. The van der Waals surface area contributed by atoms with E-state index in [-0.39, 0.29) is 0 Å². The molecule has 0 saturated carbocycles. The molecule has 1 heterocycles. The second-order valence-electron chi connectivity index (χ2n) is 6.09. The summed E-state index contributed by atoms with van der Waals surface area (Å²) >= 11 is 0. The minimum atomic E-state index is 0.575. The molecular weight excluding hydrogens is 256 g/mol. The summed E-state index contributed by atoms with van der Waals surface area (Å²) < 4.78 is 0. The first-order valence-corrected chi connectivity index (χ1v) is 8.05. The Bertz CT molecular complexity index is 606. The van der Waals surface area contributed by atoms with Gasteiger partial charge in [0.25, 0.3) is 0 Å². The van der Waals surface area contributed by atoms with Crippen LogP contribution in [0, 0.1) is 0 Å². The van der Waals surface area contributed by atoms with Crippen LogP contribution in [-0.4, -0.2) is 11.5 Å². The third-order valence-electron chi connectivity index (χ3n) is 4.79. The van der Waals surface area contributed by atoms with Gasteiger partial charge in [-0.15, -0.1) is 0 Å². The molecule has 2 heteroatoms. The van der Waals surface area contributed by atoms with E-state index in [9.17, 15) is 0 Å². The van der Waals surface area contributed by atoms with Crippen LogP contribution in [0.25, 0.3) is 0 Å². The van der Waals surface area contributed by atoms with Crippen LogP contribution in [-0.2, 0) is 6.42 Å². The molecule has 2 unspecified atom stereocenters. The van der Waals surface area contributed by atoms with Crippen LogP contribution in [0.3, 0.4) is 0 Å². The summed E-state index contributed by atoms with van der Waals surface area (Å²) in [5, 5.41) is 3.65. The van der Waals surface area contributed by atoms with Crippen LogP contribution in [0.2, 0.25) is 0 Å². The van der Waals surface area contributed by atoms with Crippen molar-refractivity contribution in [1.29, 1.82) is 0 Å². The van der Waals surface area contributed by atoms with Crippen LogP contribution in [0.15, 0.2) is 42.7 Å². The largest absolute Gasteiger partial charge is 0.383 e. The summed E-state index contributed by atoms with van der Waals surface area (Å²) in [5.74, 6) is 1.21. The lowest BCUT2D eigenvalue weighted by molar-refractivity contribution is 0.701. The van der Waals surface area contributed by atoms with E-state index in [0.717, 1.165) is 13.0 Å². The van der Waals surface area contributed by atoms with Crippen molar-refractivity contribution in [2.24, 2.45) is 0 Å². The van der Waals surface area contributed by atoms with E-state index in [1.165, 1.54) is 35.2 Å². The Morgan fingerprint density at radius 2 is 2.14 bits per heavy atom. The lowest BCUT2D eigenvalue weighted by atomic mass is 9.97. The van der Waals surface area contributed by atoms with Crippen molar-refractivity contribution >= 4 is 5.69 Å². The van der Waals surface area contributed by atoms with E-state index in [4.69, 9.17) is 0 Å². The SMILES string of the molecule is CCC(C)c1ccncc1NCC1CCc2ccccc21. The van der Waals surface area contributed by atoms with Gasteiger partial charge in [-0.25, -0.2) is 0 Å². The fraction of sp³-hybridized carbons (Fsp3) is 0.421. The fourth-order valence-electron chi connectivity index (χ4n) is 3.29. The van der Waals surface area contributed by atoms with E-state index in [1.807, 2.05) is 12.4 Å². The second-order valence-corrected chi connectivity index (χ2v) is 6.09. The number of nitrogens with one attached hydrogen (secondary N) is 1. The highest BCUT2D eigenvalue weighted by atomic mass is 14.9. The van der Waals surface area contributed by atoms with Crippen molar-refractivity contribution < 1.29 is 0 Å². The highest BCUT2D eigenvalue weighted by molar-refractivity contribution is 5.51. The van der Waals surface area contributed by atoms with Crippen LogP contribution < -0.4 is 5.32 Å². The molecule has 1 aromatic heterocycles. The van der Waals surface area contributed by atoms with Crippen LogP contribution >= 0.6 is 0 Å². The summed E-state index contributed by atoms with van der Waals surface area (Å²) in [4.78, 5) is 4.29. The number of hydrogen-bond acceptors (Lipinski definition) is 2. The highest BCUT2D eigenvalue weighted by Crippen LogP contribution is 2.33. The monoisotopic (exact) mass is 280 g/mol. The quantitative estimate of drug-likeness (QED) is 0.856. The third-order valence-corrected chi connectivity index (χ3v) is 4.79. The minimum Gasteiger partial charge on any atom is -0.383 e. The summed E-state index contributed by atoms with van der Waals surface area (Å²) in [6.45, 7) is 5.53. The molecule has 2 aromatic rings. The minimum absolute atomic E-state index is 0.575. The highest BCUT2D eigenvalue weighted by Gasteiger charge is 2.21. The maximum absolute atomic E-state index is 4.29. The van der Waals surface area contributed by atoms with Crippen LogP contribution in [0.1, 0.15) is 55.2 Å². The van der Waals surface area contributed by atoms with Crippen molar-refractivity contribution in [1.82, 2.24) is 4.98 Å². The molecule has 1 aromatic carbocycles. The Kier molecular flexibility index (Phi) is 4.23. The zero-order valence-electron chi connectivity index (χ0n) is 13.0. The maximum Gasteiger partial charge on any atom is 0.0562 e. The number of hydrogen-bond donors (Lipinski definition) is 1. The summed E-state index contributed by atoms with van der Waals surface area (Å²) in [5.41, 5.74) is 5.65. The van der Waals surface area contributed by atoms with Gasteiger partial charge < -0.3 is 5.32 Å². The summed E-state index contributed by atoms with van der Waals surface area (Å²) in [7, 11) is 0. The van der Waals surface area contributed by atoms with Gasteiger partial charge in [0, 0.05) is 18.7 Å². The Morgan fingerprint density at radius 3 is 3.00 bits per heavy atom. The number of benzene rings is 1. The van der Waals surface area contributed by atoms with Crippen molar-refractivity contribution in [2.75, 3.05) is 11.9 Å². The molecule has 2 atom stereocenters. The first-order valence-electron chi connectivity index (χ1n) is 8.05. The third kappa shape index (κ3) is 2.94. The normalized spacial score (nSPS) is 18.3. The van der Waals surface area contributed by atoms with Crippen LogP contribution in [0.4, 0.5) is 5.69 Å². The predicted molar refractivity (Wildman–Crippen MR) is 88.9 cm³/mol. The van der Waals surface area contributed by atoms with E-state index in [1.54, 1.807) is 0 Å². The van der Waals surface area contributed by atoms with Gasteiger partial charge in [0.2, 0.25) is 0 Å². The topological polar surface area (TPSA) is 24.9 Å². The lowest BCUT2D eigenvalue weighted by Gasteiger charge is -2.18. The standard InChI is InChI=1S/C19H24N2/c1-3-14(2)17-10-11-20-13-19(17)21-12-16-9-8-15-6-4-5-7-18(15)16/h4-7,10-11,13-14,16,21H,3,8-9,12H2,1-2H3. The number of aryl methyl sites for hydroxylation is 1. The van der Waals surface area contributed by atoms with Gasteiger partial charge in [0.1, 0.15) is 0 Å². The molecule has 21 heavy (non-hydrogen) atoms. The van der Waals surface area contributed by atoms with Gasteiger partial charge in [0.15, 0.2) is 0 Å². The molecule has 1 N–H and O–H groups in total. The van der Waals surface area contributed by atoms with Gasteiger partial charge in [-0.1, -0.05) is 38.1 Å². The van der Waals surface area contributed by atoms with E-state index in [2.05, 4.69) is 54.5 Å². The molecule has 0 radical (unpaired) electrons. The number of aromatic nitrogens is 1. The van der Waals surface area contributed by atoms with Gasteiger partial charge in [-0.05, 0) is 47.9 Å². The molecule has 0 fully saturated rings. The van der Waals surface area contributed by atoms with Crippen molar-refractivity contribution in [3.63, 3.8) is 0 Å². The second kappa shape index (κ2) is 6.30. The number of rotatable bonds is 5. The van der Waals surface area contributed by atoms with Gasteiger partial charge in [-0.3, -0.25) is 4.98 Å². The molecule has 0 spiro atoms. The molecule has 3 rings (SSSR count). The molecule has 0 bridgehead atoms. The molecule has 2 nitrogen and oxygen atoms in total. The predicted octanol–water partition coefficient (Wildman–Crippen LogP) is 4.74. The van der Waals surface area contributed by atoms with E-state index >= 15 is 0 Å². The fourth-order valence-corrected chi connectivity index (χ4v) is 3.29. The lowest BCUT2D eigenvalue weighted by Crippen LogP contribution is -2.12. The van der Waals surface area contributed by atoms with Gasteiger partial charge >= 0.3 is 0 Å². The average Bonchev–Trinajstić information content (AvgIpc) is 2.96. The molecular formula is C19H24N2. The van der Waals surface area contributed by atoms with E-state index < -0.39 is 0 Å². The number of fused-ring (bicyclic) bond motifs is 1. The van der Waals surface area contributed by atoms with Crippen LogP contribution in [0.5, 0.6) is 0 Å². The molecule has 1 aliphatic rings. The van der Waals surface area contributed by atoms with E-state index in [0.29, 0.717) is 11.8 Å². The molecule has 0 aliphatic heterocycles. The number of nitrogens with zero attached hydrogens (tertiary/aromatic N) is 1. The van der Waals surface area contributed by atoms with Crippen molar-refractivity contribution in [2.45, 2.75) is 44.9 Å². The average molecular weight is 280 g/mol. The Labute approximate surface area is 127 Å². The summed E-state index contributed by atoms with van der Waals surface area (Å²) in [6, 6.07) is 11.0. The van der Waals surface area contributed by atoms with Crippen molar-refractivity contribution in [3.05, 3.63) is 59.4 Å². The molecule has 0 saturated heterocycles. The molecule has 110 valence electrons. The Hall–Kier alpha value is -1.83. The van der Waals surface area contributed by atoms with Gasteiger partial charge in [-0.2, -0.15) is 0 Å². The smallest absolute Gasteiger partial charge is 0.0562 e. The number of pyridine rings is 1. The zero-order valence-corrected chi connectivity index (χ0v) is 13.0. The Balaban J connectivity index is 1.72.